The van der Waals surface area contributed by atoms with Gasteiger partial charge in [-0.25, -0.2) is 0 Å². The van der Waals surface area contributed by atoms with Gasteiger partial charge in [0.1, 0.15) is 17.0 Å². The predicted octanol–water partition coefficient (Wildman–Crippen LogP) is 4.69. The maximum atomic E-state index is 13.5. The van der Waals surface area contributed by atoms with Crippen LogP contribution in [-0.2, 0) is 16.0 Å². The van der Waals surface area contributed by atoms with Crippen molar-refractivity contribution >= 4 is 28.9 Å². The number of benzene rings is 1. The SMILES string of the molecule is CC1CC(C)C2N(C1)c1cc(Cl)ccc1CC21C(=O)CC(C)(C)CC1=O. The average molecular weight is 374 g/mol. The molecular weight excluding hydrogens is 346 g/mol. The molecule has 1 saturated heterocycles. The molecule has 0 bridgehead atoms. The summed E-state index contributed by atoms with van der Waals surface area (Å²) < 4.78 is 0. The van der Waals surface area contributed by atoms with Crippen LogP contribution in [-0.4, -0.2) is 24.2 Å². The van der Waals surface area contributed by atoms with Gasteiger partial charge in [-0.2, -0.15) is 0 Å². The van der Waals surface area contributed by atoms with E-state index in [1.165, 1.54) is 0 Å². The van der Waals surface area contributed by atoms with Crippen LogP contribution in [0.15, 0.2) is 18.2 Å². The van der Waals surface area contributed by atoms with Crippen LogP contribution in [0.3, 0.4) is 0 Å². The van der Waals surface area contributed by atoms with Crippen LogP contribution in [0.5, 0.6) is 0 Å². The normalized spacial score (nSPS) is 32.3. The van der Waals surface area contributed by atoms with E-state index >= 15 is 0 Å². The molecule has 2 fully saturated rings. The van der Waals surface area contributed by atoms with E-state index in [4.69, 9.17) is 11.6 Å². The van der Waals surface area contributed by atoms with E-state index < -0.39 is 5.41 Å². The van der Waals surface area contributed by atoms with E-state index in [0.717, 1.165) is 24.2 Å². The molecule has 4 heteroatoms. The molecule has 26 heavy (non-hydrogen) atoms. The van der Waals surface area contributed by atoms with Crippen LogP contribution in [0.25, 0.3) is 0 Å². The van der Waals surface area contributed by atoms with E-state index in [1.807, 2.05) is 32.0 Å². The standard InChI is InChI=1S/C22H28ClNO2/c1-13-7-14(2)20-22(18(25)10-21(3,4)11-19(22)26)9-15-5-6-16(23)8-17(15)24(20)12-13/h5-6,8,13-14,20H,7,9-12H2,1-4H3. The predicted molar refractivity (Wildman–Crippen MR) is 105 cm³/mol. The molecule has 2 heterocycles. The first kappa shape index (κ1) is 18.0. The maximum absolute atomic E-state index is 13.5. The molecule has 0 N–H and O–H groups in total. The second-order valence-electron chi connectivity index (χ2n) is 9.70. The number of piperidine rings is 1. The molecule has 1 aromatic carbocycles. The third kappa shape index (κ3) is 2.54. The Kier molecular flexibility index (Phi) is 4.04. The van der Waals surface area contributed by atoms with Crippen molar-refractivity contribution in [2.45, 2.75) is 59.4 Å². The summed E-state index contributed by atoms with van der Waals surface area (Å²) in [4.78, 5) is 29.3. The number of ketones is 2. The summed E-state index contributed by atoms with van der Waals surface area (Å²) in [6, 6.07) is 5.87. The third-order valence-corrected chi connectivity index (χ3v) is 7.00. The summed E-state index contributed by atoms with van der Waals surface area (Å²) in [5, 5.41) is 0.715. The van der Waals surface area contributed by atoms with Crippen molar-refractivity contribution in [3.63, 3.8) is 0 Å². The molecule has 0 radical (unpaired) electrons. The van der Waals surface area contributed by atoms with Crippen molar-refractivity contribution in [1.29, 1.82) is 0 Å². The van der Waals surface area contributed by atoms with Gasteiger partial charge in [-0.3, -0.25) is 9.59 Å². The summed E-state index contributed by atoms with van der Waals surface area (Å²) in [6.45, 7) is 9.43. The molecule has 0 aromatic heterocycles. The Hall–Kier alpha value is -1.35. The fourth-order valence-corrected chi connectivity index (χ4v) is 6.05. The van der Waals surface area contributed by atoms with E-state index in [2.05, 4.69) is 18.7 Å². The van der Waals surface area contributed by atoms with Crippen LogP contribution in [0.4, 0.5) is 5.69 Å². The number of Topliss-reactive ketones (excluding diaryl/α,β-unsaturated/α-hetero) is 2. The Labute approximate surface area is 161 Å². The van der Waals surface area contributed by atoms with Crippen molar-refractivity contribution in [3.05, 3.63) is 28.8 Å². The number of fused-ring (bicyclic) bond motifs is 4. The van der Waals surface area contributed by atoms with Gasteiger partial charge in [-0.15, -0.1) is 0 Å². The van der Waals surface area contributed by atoms with Gasteiger partial charge in [0, 0.05) is 30.1 Å². The highest BCUT2D eigenvalue weighted by atomic mass is 35.5. The summed E-state index contributed by atoms with van der Waals surface area (Å²) >= 11 is 6.29. The first-order valence-corrected chi connectivity index (χ1v) is 10.1. The lowest BCUT2D eigenvalue weighted by Gasteiger charge is -2.57. The molecule has 4 rings (SSSR count). The molecular formula is C22H28ClNO2. The van der Waals surface area contributed by atoms with E-state index in [9.17, 15) is 9.59 Å². The van der Waals surface area contributed by atoms with Crippen molar-refractivity contribution in [3.8, 4) is 0 Å². The number of rotatable bonds is 0. The second-order valence-corrected chi connectivity index (χ2v) is 10.1. The van der Waals surface area contributed by atoms with Gasteiger partial charge in [-0.1, -0.05) is 45.4 Å². The topological polar surface area (TPSA) is 37.4 Å². The van der Waals surface area contributed by atoms with Gasteiger partial charge in [0.15, 0.2) is 0 Å². The third-order valence-electron chi connectivity index (χ3n) is 6.76. The van der Waals surface area contributed by atoms with Crippen LogP contribution >= 0.6 is 11.6 Å². The fourth-order valence-electron chi connectivity index (χ4n) is 5.88. The van der Waals surface area contributed by atoms with Gasteiger partial charge in [0.25, 0.3) is 0 Å². The molecule has 1 spiro atoms. The lowest BCUT2D eigenvalue weighted by molar-refractivity contribution is -0.152. The molecule has 3 atom stereocenters. The summed E-state index contributed by atoms with van der Waals surface area (Å²) in [6.07, 6.45) is 2.58. The molecule has 3 unspecified atom stereocenters. The van der Waals surface area contributed by atoms with Crippen molar-refractivity contribution in [2.75, 3.05) is 11.4 Å². The quantitative estimate of drug-likeness (QED) is 0.619. The molecule has 3 aliphatic rings. The first-order valence-electron chi connectivity index (χ1n) is 9.76. The largest absolute Gasteiger partial charge is 0.366 e. The van der Waals surface area contributed by atoms with Crippen LogP contribution in [0.1, 0.15) is 52.5 Å². The lowest BCUT2D eigenvalue weighted by atomic mass is 9.54. The molecule has 1 aliphatic carbocycles. The summed E-state index contributed by atoms with van der Waals surface area (Å²) in [5.41, 5.74) is 1.11. The average Bonchev–Trinajstić information content (AvgIpc) is 2.51. The Morgan fingerprint density at radius 2 is 1.73 bits per heavy atom. The maximum Gasteiger partial charge on any atom is 0.149 e. The number of hydrogen-bond donors (Lipinski definition) is 0. The Morgan fingerprint density at radius 1 is 1.08 bits per heavy atom. The number of carbonyl (C=O) groups is 2. The molecule has 1 saturated carbocycles. The minimum absolute atomic E-state index is 0.0410. The molecule has 1 aromatic rings. The van der Waals surface area contributed by atoms with Crippen LogP contribution in [0, 0.1) is 22.7 Å². The zero-order valence-corrected chi connectivity index (χ0v) is 16.9. The van der Waals surface area contributed by atoms with E-state index in [-0.39, 0.29) is 23.0 Å². The van der Waals surface area contributed by atoms with Gasteiger partial charge >= 0.3 is 0 Å². The minimum atomic E-state index is -0.879. The Bertz CT molecular complexity index is 764. The molecule has 2 aliphatic heterocycles. The number of halogens is 1. The monoisotopic (exact) mass is 373 g/mol. The fraction of sp³-hybridized carbons (Fsp3) is 0.636. The molecule has 140 valence electrons. The minimum Gasteiger partial charge on any atom is -0.366 e. The zero-order valence-electron chi connectivity index (χ0n) is 16.1. The van der Waals surface area contributed by atoms with Crippen LogP contribution < -0.4 is 4.90 Å². The van der Waals surface area contributed by atoms with Gasteiger partial charge in [0.05, 0.1) is 6.04 Å². The second kappa shape index (κ2) is 5.82. The lowest BCUT2D eigenvalue weighted by Crippen LogP contribution is -2.67. The van der Waals surface area contributed by atoms with E-state index in [0.29, 0.717) is 36.1 Å². The molecule has 0 amide bonds. The molecule has 3 nitrogen and oxygen atoms in total. The van der Waals surface area contributed by atoms with Crippen molar-refractivity contribution in [1.82, 2.24) is 0 Å². The first-order chi connectivity index (χ1) is 12.1. The number of anilines is 1. The van der Waals surface area contributed by atoms with Crippen molar-refractivity contribution in [2.24, 2.45) is 22.7 Å². The zero-order chi connectivity index (χ0) is 18.9. The smallest absolute Gasteiger partial charge is 0.149 e. The highest BCUT2D eigenvalue weighted by Gasteiger charge is 2.61. The van der Waals surface area contributed by atoms with Crippen LogP contribution in [0.2, 0.25) is 5.02 Å². The van der Waals surface area contributed by atoms with E-state index in [1.54, 1.807) is 0 Å². The Morgan fingerprint density at radius 3 is 2.38 bits per heavy atom. The number of hydrogen-bond acceptors (Lipinski definition) is 3. The van der Waals surface area contributed by atoms with Gasteiger partial charge < -0.3 is 4.90 Å². The highest BCUT2D eigenvalue weighted by Crippen LogP contribution is 2.54. The summed E-state index contributed by atoms with van der Waals surface area (Å²) in [5.74, 6) is 1.14. The highest BCUT2D eigenvalue weighted by molar-refractivity contribution is 6.31. The number of carbonyl (C=O) groups excluding carboxylic acids is 2. The van der Waals surface area contributed by atoms with Crippen molar-refractivity contribution < 1.29 is 9.59 Å². The Balaban J connectivity index is 1.90. The van der Waals surface area contributed by atoms with Gasteiger partial charge in [0.2, 0.25) is 0 Å². The van der Waals surface area contributed by atoms with Gasteiger partial charge in [-0.05, 0) is 47.8 Å². The summed E-state index contributed by atoms with van der Waals surface area (Å²) in [7, 11) is 0. The number of nitrogens with zero attached hydrogens (tertiary/aromatic N) is 1.